The summed E-state index contributed by atoms with van der Waals surface area (Å²) >= 11 is 12.0. The Kier molecular flexibility index (Phi) is 3.86. The first kappa shape index (κ1) is 14.1. The SMILES string of the molecule is O=[N+]([O-])C1CCC2NNC(c3ccc(Cl)c(Cl)c3)C2C1. The third kappa shape index (κ3) is 2.51. The molecule has 1 aromatic carbocycles. The quantitative estimate of drug-likeness (QED) is 0.650. The predicted octanol–water partition coefficient (Wildman–Crippen LogP) is 2.96. The van der Waals surface area contributed by atoms with E-state index < -0.39 is 6.04 Å². The van der Waals surface area contributed by atoms with Crippen LogP contribution in [0.15, 0.2) is 18.2 Å². The van der Waals surface area contributed by atoms with Crippen molar-refractivity contribution in [3.05, 3.63) is 43.9 Å². The van der Waals surface area contributed by atoms with Crippen LogP contribution in [0.25, 0.3) is 0 Å². The molecule has 2 aliphatic rings. The van der Waals surface area contributed by atoms with Gasteiger partial charge in [0.05, 0.1) is 16.1 Å². The zero-order valence-electron chi connectivity index (χ0n) is 10.7. The van der Waals surface area contributed by atoms with Crippen molar-refractivity contribution in [2.24, 2.45) is 5.92 Å². The van der Waals surface area contributed by atoms with E-state index in [0.29, 0.717) is 22.9 Å². The van der Waals surface area contributed by atoms with Crippen LogP contribution in [0.3, 0.4) is 0 Å². The number of fused-ring (bicyclic) bond motifs is 1. The predicted molar refractivity (Wildman–Crippen MR) is 77.4 cm³/mol. The standard InChI is InChI=1S/C13H15Cl2N3O2/c14-10-3-1-7(5-11(10)15)13-9-6-8(18(19)20)2-4-12(9)16-17-13/h1,3,5,8-9,12-13,16-17H,2,4,6H2. The molecule has 0 amide bonds. The van der Waals surface area contributed by atoms with Gasteiger partial charge in [-0.1, -0.05) is 29.3 Å². The lowest BCUT2D eigenvalue weighted by molar-refractivity contribution is -0.528. The summed E-state index contributed by atoms with van der Waals surface area (Å²) in [5, 5.41) is 12.0. The van der Waals surface area contributed by atoms with Crippen LogP contribution in [-0.4, -0.2) is 17.0 Å². The van der Waals surface area contributed by atoms with Crippen LogP contribution in [-0.2, 0) is 0 Å². The van der Waals surface area contributed by atoms with E-state index in [4.69, 9.17) is 23.2 Å². The van der Waals surface area contributed by atoms with Gasteiger partial charge in [-0.2, -0.15) is 0 Å². The van der Waals surface area contributed by atoms with E-state index in [2.05, 4.69) is 10.9 Å². The van der Waals surface area contributed by atoms with E-state index in [1.54, 1.807) is 6.07 Å². The zero-order valence-corrected chi connectivity index (χ0v) is 12.2. The summed E-state index contributed by atoms with van der Waals surface area (Å²) in [5.41, 5.74) is 7.52. The molecule has 1 aliphatic carbocycles. The van der Waals surface area contributed by atoms with Gasteiger partial charge in [-0.3, -0.25) is 15.5 Å². The van der Waals surface area contributed by atoms with Gasteiger partial charge in [-0.25, -0.2) is 5.43 Å². The van der Waals surface area contributed by atoms with Gasteiger partial charge in [-0.15, -0.1) is 0 Å². The third-order valence-electron chi connectivity index (χ3n) is 4.33. The number of nitrogens with zero attached hydrogens (tertiary/aromatic N) is 1. The number of rotatable bonds is 2. The van der Waals surface area contributed by atoms with Crippen molar-refractivity contribution in [2.45, 2.75) is 37.4 Å². The fourth-order valence-electron chi connectivity index (χ4n) is 3.26. The molecule has 0 spiro atoms. The van der Waals surface area contributed by atoms with Gasteiger partial charge in [0.1, 0.15) is 0 Å². The van der Waals surface area contributed by atoms with E-state index in [0.717, 1.165) is 12.0 Å². The van der Waals surface area contributed by atoms with Crippen molar-refractivity contribution in [2.75, 3.05) is 0 Å². The second kappa shape index (κ2) is 5.48. The molecule has 5 nitrogen and oxygen atoms in total. The molecule has 2 N–H and O–H groups in total. The number of hydrazine groups is 1. The van der Waals surface area contributed by atoms with E-state index in [1.165, 1.54) is 0 Å². The summed E-state index contributed by atoms with van der Waals surface area (Å²) in [5.74, 6) is 0.205. The molecule has 0 radical (unpaired) electrons. The lowest BCUT2D eigenvalue weighted by Crippen LogP contribution is -2.39. The van der Waals surface area contributed by atoms with Gasteiger partial charge in [0.25, 0.3) is 0 Å². The highest BCUT2D eigenvalue weighted by atomic mass is 35.5. The van der Waals surface area contributed by atoms with Crippen molar-refractivity contribution < 1.29 is 4.92 Å². The van der Waals surface area contributed by atoms with Gasteiger partial charge in [0, 0.05) is 29.7 Å². The third-order valence-corrected chi connectivity index (χ3v) is 5.06. The zero-order chi connectivity index (χ0) is 14.3. The van der Waals surface area contributed by atoms with Crippen LogP contribution in [0.4, 0.5) is 0 Å². The lowest BCUT2D eigenvalue weighted by Gasteiger charge is -2.29. The smallest absolute Gasteiger partial charge is 0.213 e. The fraction of sp³-hybridized carbons (Fsp3) is 0.538. The van der Waals surface area contributed by atoms with E-state index in [1.807, 2.05) is 12.1 Å². The van der Waals surface area contributed by atoms with Crippen LogP contribution >= 0.6 is 23.2 Å². The molecular weight excluding hydrogens is 301 g/mol. The van der Waals surface area contributed by atoms with Gasteiger partial charge in [-0.05, 0) is 24.1 Å². The molecule has 0 bridgehead atoms. The number of benzene rings is 1. The molecule has 2 fully saturated rings. The maximum absolute atomic E-state index is 11.0. The minimum atomic E-state index is -0.441. The van der Waals surface area contributed by atoms with Gasteiger partial charge in [0.15, 0.2) is 0 Å². The Morgan fingerprint density at radius 3 is 2.70 bits per heavy atom. The van der Waals surface area contributed by atoms with E-state index in [9.17, 15) is 10.1 Å². The summed E-state index contributed by atoms with van der Waals surface area (Å²) in [6, 6.07) is 5.40. The summed E-state index contributed by atoms with van der Waals surface area (Å²) in [4.78, 5) is 10.9. The normalized spacial score (nSPS) is 32.9. The molecule has 20 heavy (non-hydrogen) atoms. The molecular formula is C13H15Cl2N3O2. The summed E-state index contributed by atoms with van der Waals surface area (Å²) in [6.07, 6.45) is 2.04. The molecule has 1 aliphatic heterocycles. The second-order valence-electron chi connectivity index (χ2n) is 5.46. The highest BCUT2D eigenvalue weighted by Crippen LogP contribution is 2.39. The summed E-state index contributed by atoms with van der Waals surface area (Å²) in [7, 11) is 0. The minimum Gasteiger partial charge on any atom is -0.264 e. The topological polar surface area (TPSA) is 67.2 Å². The Morgan fingerprint density at radius 1 is 1.20 bits per heavy atom. The van der Waals surface area contributed by atoms with Crippen LogP contribution < -0.4 is 10.9 Å². The molecule has 1 saturated heterocycles. The van der Waals surface area contributed by atoms with Crippen molar-refractivity contribution in [1.82, 2.24) is 10.9 Å². The monoisotopic (exact) mass is 315 g/mol. The van der Waals surface area contributed by atoms with E-state index >= 15 is 0 Å². The Bertz CT molecular complexity index is 540. The van der Waals surface area contributed by atoms with Crippen LogP contribution in [0, 0.1) is 16.0 Å². The molecule has 108 valence electrons. The molecule has 4 atom stereocenters. The first-order chi connectivity index (χ1) is 9.56. The lowest BCUT2D eigenvalue weighted by atomic mass is 9.77. The highest BCUT2D eigenvalue weighted by Gasteiger charge is 2.44. The molecule has 4 unspecified atom stereocenters. The van der Waals surface area contributed by atoms with Crippen molar-refractivity contribution in [3.63, 3.8) is 0 Å². The fourth-order valence-corrected chi connectivity index (χ4v) is 3.57. The maximum atomic E-state index is 11.0. The summed E-state index contributed by atoms with van der Waals surface area (Å²) < 4.78 is 0. The molecule has 7 heteroatoms. The van der Waals surface area contributed by atoms with Gasteiger partial charge >= 0.3 is 0 Å². The second-order valence-corrected chi connectivity index (χ2v) is 6.28. The molecule has 3 rings (SSSR count). The first-order valence-electron chi connectivity index (χ1n) is 6.66. The number of hydrogen-bond acceptors (Lipinski definition) is 4. The average Bonchev–Trinajstić information content (AvgIpc) is 2.84. The molecule has 1 aromatic rings. The van der Waals surface area contributed by atoms with E-state index in [-0.39, 0.29) is 22.9 Å². The van der Waals surface area contributed by atoms with Gasteiger partial charge < -0.3 is 0 Å². The molecule has 1 heterocycles. The minimum absolute atomic E-state index is 0.0394. The first-order valence-corrected chi connectivity index (χ1v) is 7.41. The van der Waals surface area contributed by atoms with Crippen LogP contribution in [0.5, 0.6) is 0 Å². The Morgan fingerprint density at radius 2 is 2.00 bits per heavy atom. The maximum Gasteiger partial charge on any atom is 0.213 e. The average molecular weight is 316 g/mol. The van der Waals surface area contributed by atoms with Crippen LogP contribution in [0.2, 0.25) is 10.0 Å². The Labute approximate surface area is 126 Å². The van der Waals surface area contributed by atoms with Crippen molar-refractivity contribution >= 4 is 23.2 Å². The molecule has 0 aromatic heterocycles. The Hall–Kier alpha value is -0.880. The highest BCUT2D eigenvalue weighted by molar-refractivity contribution is 6.42. The Balaban J connectivity index is 1.83. The molecule has 1 saturated carbocycles. The number of halogens is 2. The largest absolute Gasteiger partial charge is 0.264 e. The van der Waals surface area contributed by atoms with Gasteiger partial charge in [0.2, 0.25) is 6.04 Å². The van der Waals surface area contributed by atoms with Crippen molar-refractivity contribution in [3.8, 4) is 0 Å². The van der Waals surface area contributed by atoms with Crippen LogP contribution in [0.1, 0.15) is 30.9 Å². The number of nitro groups is 1. The number of nitrogens with one attached hydrogen (secondary N) is 2. The number of hydrogen-bond donors (Lipinski definition) is 2. The summed E-state index contributed by atoms with van der Waals surface area (Å²) in [6.45, 7) is 0. The van der Waals surface area contributed by atoms with Crippen molar-refractivity contribution in [1.29, 1.82) is 0 Å².